The Labute approximate surface area is 118 Å². The highest BCUT2D eigenvalue weighted by Gasteiger charge is 2.44. The average molecular weight is 266 g/mol. The van der Waals surface area contributed by atoms with Crippen LogP contribution in [0.4, 0.5) is 0 Å². The Morgan fingerprint density at radius 1 is 1.37 bits per heavy atom. The highest BCUT2D eigenvalue weighted by atomic mass is 16.5. The summed E-state index contributed by atoms with van der Waals surface area (Å²) < 4.78 is 5.66. The SMILES string of the molecule is CCC(C)C1CNC2(CCCC2)CN1C1CCOC1. The fourth-order valence-corrected chi connectivity index (χ4v) is 4.33. The third kappa shape index (κ3) is 2.70. The monoisotopic (exact) mass is 266 g/mol. The summed E-state index contributed by atoms with van der Waals surface area (Å²) in [5.41, 5.74) is 0.437. The molecule has 3 heteroatoms. The summed E-state index contributed by atoms with van der Waals surface area (Å²) in [6.45, 7) is 9.12. The van der Waals surface area contributed by atoms with Crippen molar-refractivity contribution >= 4 is 0 Å². The van der Waals surface area contributed by atoms with Gasteiger partial charge in [0.15, 0.2) is 0 Å². The third-order valence-corrected chi connectivity index (χ3v) is 5.83. The molecule has 1 aliphatic carbocycles. The van der Waals surface area contributed by atoms with E-state index in [1.165, 1.54) is 51.6 Å². The van der Waals surface area contributed by atoms with Crippen LogP contribution in [0, 0.1) is 5.92 Å². The maximum Gasteiger partial charge on any atom is 0.0622 e. The van der Waals surface area contributed by atoms with Gasteiger partial charge >= 0.3 is 0 Å². The molecule has 3 rings (SSSR count). The Morgan fingerprint density at radius 3 is 2.79 bits per heavy atom. The summed E-state index contributed by atoms with van der Waals surface area (Å²) in [4.78, 5) is 2.82. The second kappa shape index (κ2) is 5.71. The standard InChI is InChI=1S/C16H30N2O/c1-3-13(2)15-10-17-16(7-4-5-8-16)12-18(15)14-6-9-19-11-14/h13-15,17H,3-12H2,1-2H3. The lowest BCUT2D eigenvalue weighted by molar-refractivity contribution is 0.0137. The molecule has 3 atom stereocenters. The molecule has 2 heterocycles. The van der Waals surface area contributed by atoms with Gasteiger partial charge in [-0.3, -0.25) is 4.90 Å². The lowest BCUT2D eigenvalue weighted by atomic mass is 9.86. The Bertz CT molecular complexity index is 295. The quantitative estimate of drug-likeness (QED) is 0.849. The fourth-order valence-electron chi connectivity index (χ4n) is 4.33. The number of rotatable bonds is 3. The van der Waals surface area contributed by atoms with Gasteiger partial charge in [0.2, 0.25) is 0 Å². The van der Waals surface area contributed by atoms with Crippen LogP contribution in [0.1, 0.15) is 52.4 Å². The molecule has 3 aliphatic rings. The lowest BCUT2D eigenvalue weighted by Crippen LogP contribution is -2.66. The molecule has 0 radical (unpaired) electrons. The van der Waals surface area contributed by atoms with Crippen molar-refractivity contribution in [3.63, 3.8) is 0 Å². The van der Waals surface area contributed by atoms with Gasteiger partial charge in [0, 0.05) is 37.3 Å². The molecular weight excluding hydrogens is 236 g/mol. The minimum Gasteiger partial charge on any atom is -0.380 e. The van der Waals surface area contributed by atoms with Gasteiger partial charge in [-0.1, -0.05) is 33.1 Å². The van der Waals surface area contributed by atoms with E-state index < -0.39 is 0 Å². The van der Waals surface area contributed by atoms with E-state index in [9.17, 15) is 0 Å². The van der Waals surface area contributed by atoms with Crippen molar-refractivity contribution in [3.8, 4) is 0 Å². The number of nitrogens with one attached hydrogen (secondary N) is 1. The number of hydrogen-bond acceptors (Lipinski definition) is 3. The highest BCUT2D eigenvalue weighted by Crippen LogP contribution is 2.36. The van der Waals surface area contributed by atoms with Crippen molar-refractivity contribution in [3.05, 3.63) is 0 Å². The van der Waals surface area contributed by atoms with Gasteiger partial charge in [-0.05, 0) is 25.2 Å². The molecule has 1 spiro atoms. The molecule has 0 aromatic rings. The first kappa shape index (κ1) is 13.8. The molecule has 3 unspecified atom stereocenters. The van der Waals surface area contributed by atoms with Crippen LogP contribution in [-0.4, -0.2) is 48.8 Å². The van der Waals surface area contributed by atoms with Gasteiger partial charge in [-0.15, -0.1) is 0 Å². The summed E-state index contributed by atoms with van der Waals surface area (Å²) in [5, 5.41) is 3.93. The third-order valence-electron chi connectivity index (χ3n) is 5.83. The normalized spacial score (nSPS) is 36.9. The number of piperazine rings is 1. The summed E-state index contributed by atoms with van der Waals surface area (Å²) in [6.07, 6.45) is 8.10. The predicted octanol–water partition coefficient (Wildman–Crippen LogP) is 2.41. The van der Waals surface area contributed by atoms with Crippen molar-refractivity contribution < 1.29 is 4.74 Å². The van der Waals surface area contributed by atoms with Crippen LogP contribution in [0.25, 0.3) is 0 Å². The number of ether oxygens (including phenoxy) is 1. The Hall–Kier alpha value is -0.120. The smallest absolute Gasteiger partial charge is 0.0622 e. The van der Waals surface area contributed by atoms with Crippen LogP contribution in [0.15, 0.2) is 0 Å². The maximum absolute atomic E-state index is 5.66. The first-order chi connectivity index (χ1) is 9.24. The van der Waals surface area contributed by atoms with Crippen LogP contribution in [0.2, 0.25) is 0 Å². The van der Waals surface area contributed by atoms with Crippen molar-refractivity contribution in [1.29, 1.82) is 0 Å². The molecule has 0 bridgehead atoms. The van der Waals surface area contributed by atoms with Crippen LogP contribution < -0.4 is 5.32 Å². The van der Waals surface area contributed by atoms with Crippen molar-refractivity contribution in [2.45, 2.75) is 70.0 Å². The van der Waals surface area contributed by atoms with Gasteiger partial charge in [0.05, 0.1) is 6.61 Å². The van der Waals surface area contributed by atoms with Gasteiger partial charge in [-0.2, -0.15) is 0 Å². The number of hydrogen-bond donors (Lipinski definition) is 1. The van der Waals surface area contributed by atoms with Gasteiger partial charge < -0.3 is 10.1 Å². The topological polar surface area (TPSA) is 24.5 Å². The van der Waals surface area contributed by atoms with E-state index in [2.05, 4.69) is 24.1 Å². The van der Waals surface area contributed by atoms with E-state index in [0.717, 1.165) is 19.1 Å². The van der Waals surface area contributed by atoms with Crippen molar-refractivity contribution in [1.82, 2.24) is 10.2 Å². The van der Waals surface area contributed by atoms with Gasteiger partial charge in [0.25, 0.3) is 0 Å². The van der Waals surface area contributed by atoms with E-state index in [-0.39, 0.29) is 0 Å². The summed E-state index contributed by atoms with van der Waals surface area (Å²) in [5.74, 6) is 0.784. The highest BCUT2D eigenvalue weighted by molar-refractivity contribution is 5.03. The van der Waals surface area contributed by atoms with E-state index in [1.807, 2.05) is 0 Å². The summed E-state index contributed by atoms with van der Waals surface area (Å²) in [7, 11) is 0. The first-order valence-electron chi connectivity index (χ1n) is 8.32. The second-order valence-electron chi connectivity index (χ2n) is 7.01. The van der Waals surface area contributed by atoms with E-state index >= 15 is 0 Å². The molecule has 1 N–H and O–H groups in total. The van der Waals surface area contributed by atoms with Crippen LogP contribution in [0.3, 0.4) is 0 Å². The molecule has 0 aromatic heterocycles. The zero-order valence-electron chi connectivity index (χ0n) is 12.7. The molecule has 110 valence electrons. The predicted molar refractivity (Wildman–Crippen MR) is 78.4 cm³/mol. The average Bonchev–Trinajstić information content (AvgIpc) is 3.10. The lowest BCUT2D eigenvalue weighted by Gasteiger charge is -2.50. The molecule has 2 saturated heterocycles. The Morgan fingerprint density at radius 2 is 2.16 bits per heavy atom. The largest absolute Gasteiger partial charge is 0.380 e. The van der Waals surface area contributed by atoms with E-state index in [0.29, 0.717) is 17.6 Å². The molecule has 3 fully saturated rings. The summed E-state index contributed by atoms with van der Waals surface area (Å²) in [6, 6.07) is 1.39. The zero-order valence-corrected chi connectivity index (χ0v) is 12.7. The van der Waals surface area contributed by atoms with Crippen LogP contribution >= 0.6 is 0 Å². The van der Waals surface area contributed by atoms with Gasteiger partial charge in [-0.25, -0.2) is 0 Å². The van der Waals surface area contributed by atoms with E-state index in [1.54, 1.807) is 0 Å². The van der Waals surface area contributed by atoms with Crippen molar-refractivity contribution in [2.24, 2.45) is 5.92 Å². The molecule has 3 nitrogen and oxygen atoms in total. The van der Waals surface area contributed by atoms with Crippen LogP contribution in [0.5, 0.6) is 0 Å². The minimum atomic E-state index is 0.437. The van der Waals surface area contributed by atoms with E-state index in [4.69, 9.17) is 4.74 Å². The molecular formula is C16H30N2O. The Kier molecular flexibility index (Phi) is 4.16. The molecule has 2 aliphatic heterocycles. The Balaban J connectivity index is 1.74. The molecule has 1 saturated carbocycles. The first-order valence-corrected chi connectivity index (χ1v) is 8.32. The van der Waals surface area contributed by atoms with Crippen molar-refractivity contribution in [2.75, 3.05) is 26.3 Å². The van der Waals surface area contributed by atoms with Gasteiger partial charge in [0.1, 0.15) is 0 Å². The second-order valence-corrected chi connectivity index (χ2v) is 7.01. The molecule has 0 aromatic carbocycles. The minimum absolute atomic E-state index is 0.437. The molecule has 0 amide bonds. The number of nitrogens with zero attached hydrogens (tertiary/aromatic N) is 1. The fraction of sp³-hybridized carbons (Fsp3) is 1.00. The van der Waals surface area contributed by atoms with Crippen LogP contribution in [-0.2, 0) is 4.74 Å². The molecule has 19 heavy (non-hydrogen) atoms. The summed E-state index contributed by atoms with van der Waals surface area (Å²) >= 11 is 0. The zero-order chi connectivity index (χ0) is 13.3. The maximum atomic E-state index is 5.66.